The fourth-order valence-electron chi connectivity index (χ4n) is 7.06. The van der Waals surface area contributed by atoms with Crippen molar-refractivity contribution in [3.8, 4) is 0 Å². The first kappa shape index (κ1) is 52.1. The Hall–Kier alpha value is -2.94. The largest absolute Gasteiger partial charge is 0.380 e. The van der Waals surface area contributed by atoms with E-state index in [-0.39, 0.29) is 73.4 Å². The van der Waals surface area contributed by atoms with Crippen LogP contribution >= 0.6 is 0 Å². The number of hydrogen-bond acceptors (Lipinski definition) is 8. The van der Waals surface area contributed by atoms with E-state index in [1.165, 1.54) is 0 Å². The summed E-state index contributed by atoms with van der Waals surface area (Å²) in [4.78, 5) is 55.3. The number of nitrogens with one attached hydrogen (secondary N) is 3. The lowest BCUT2D eigenvalue weighted by atomic mass is 9.51. The van der Waals surface area contributed by atoms with Crippen LogP contribution in [0.5, 0.6) is 0 Å². The van der Waals surface area contributed by atoms with Crippen LogP contribution in [-0.4, -0.2) is 81.7 Å². The number of unbranched alkanes of at least 4 members (excludes halogenated alkanes) is 2. The fraction of sp³-hybridized carbons (Fsp3) is 0.897. The maximum Gasteiger partial charge on any atom is 0.264 e. The third-order valence-electron chi connectivity index (χ3n) is 12.2. The molecular weight excluding hydrogens is 727 g/mol. The van der Waals surface area contributed by atoms with E-state index in [9.17, 15) is 27.6 Å². The minimum Gasteiger partial charge on any atom is -0.380 e. The van der Waals surface area contributed by atoms with Gasteiger partial charge in [0.05, 0.1) is 12.4 Å². The van der Waals surface area contributed by atoms with Gasteiger partial charge in [-0.25, -0.2) is 0 Å². The normalized spacial score (nSPS) is 14.6. The van der Waals surface area contributed by atoms with Gasteiger partial charge in [-0.05, 0) is 77.6 Å². The monoisotopic (exact) mass is 802 g/mol. The van der Waals surface area contributed by atoms with Crippen molar-refractivity contribution < 1.29 is 36.9 Å². The standard InChI is InChI=1S/C39H75N7O8S/c1-13-18-28(33(49)44-21-23-54-22-17-24-55(51,52)53)38(9,10)37(7,8)26-30(34(50)43-20-16-14-15-19-42-31(47)27-45-46-41)39(11,12)36(5,6)25-29(32(40)48)35(2,3)4/h28-30H,13-27H2,1-12H3,(H2,40,48)(H,42,47)(H,43,50)(H,44,49)(H,51,52,53). The molecule has 0 saturated heterocycles. The van der Waals surface area contributed by atoms with E-state index < -0.39 is 43.6 Å². The van der Waals surface area contributed by atoms with Gasteiger partial charge in [-0.15, -0.1) is 0 Å². The van der Waals surface area contributed by atoms with Crippen molar-refractivity contribution in [2.45, 2.75) is 134 Å². The van der Waals surface area contributed by atoms with Gasteiger partial charge in [-0.3, -0.25) is 23.7 Å². The van der Waals surface area contributed by atoms with E-state index in [1.807, 2.05) is 27.7 Å². The van der Waals surface area contributed by atoms with E-state index in [2.05, 4.69) is 81.4 Å². The van der Waals surface area contributed by atoms with Crippen molar-refractivity contribution in [1.29, 1.82) is 0 Å². The van der Waals surface area contributed by atoms with Gasteiger partial charge in [-0.1, -0.05) is 94.6 Å². The second kappa shape index (κ2) is 22.7. The smallest absolute Gasteiger partial charge is 0.264 e. The van der Waals surface area contributed by atoms with Crippen LogP contribution in [0.4, 0.5) is 0 Å². The van der Waals surface area contributed by atoms with Gasteiger partial charge < -0.3 is 26.4 Å². The third-order valence-corrected chi connectivity index (χ3v) is 13.1. The van der Waals surface area contributed by atoms with Crippen LogP contribution in [-0.2, 0) is 34.0 Å². The van der Waals surface area contributed by atoms with Gasteiger partial charge in [-0.2, -0.15) is 8.42 Å². The Morgan fingerprint density at radius 2 is 1.24 bits per heavy atom. The quantitative estimate of drug-likeness (QED) is 0.0201. The van der Waals surface area contributed by atoms with E-state index in [1.54, 1.807) is 0 Å². The van der Waals surface area contributed by atoms with Gasteiger partial charge >= 0.3 is 0 Å². The summed E-state index contributed by atoms with van der Waals surface area (Å²) in [5, 5.41) is 12.2. The molecule has 0 aliphatic carbocycles. The molecule has 320 valence electrons. The van der Waals surface area contributed by atoms with Crippen molar-refractivity contribution in [3.05, 3.63) is 10.4 Å². The predicted octanol–water partition coefficient (Wildman–Crippen LogP) is 6.18. The lowest BCUT2D eigenvalue weighted by Crippen LogP contribution is -2.53. The molecule has 15 nitrogen and oxygen atoms in total. The highest BCUT2D eigenvalue weighted by Gasteiger charge is 2.53. The first-order chi connectivity index (χ1) is 25.1. The molecule has 0 aliphatic rings. The molecule has 6 N–H and O–H groups in total. The Labute approximate surface area is 331 Å². The van der Waals surface area contributed by atoms with E-state index >= 15 is 0 Å². The van der Waals surface area contributed by atoms with Crippen LogP contribution in [0, 0.1) is 44.8 Å². The van der Waals surface area contributed by atoms with Crippen molar-refractivity contribution in [1.82, 2.24) is 16.0 Å². The highest BCUT2D eigenvalue weighted by Crippen LogP contribution is 2.57. The Morgan fingerprint density at radius 3 is 1.73 bits per heavy atom. The zero-order chi connectivity index (χ0) is 42.9. The van der Waals surface area contributed by atoms with Gasteiger partial charge in [0.25, 0.3) is 10.1 Å². The number of nitrogens with two attached hydrogens (primary N) is 1. The Bertz CT molecular complexity index is 1400. The summed E-state index contributed by atoms with van der Waals surface area (Å²) in [5.74, 6) is -2.64. The van der Waals surface area contributed by atoms with Crippen LogP contribution in [0.15, 0.2) is 5.11 Å². The number of rotatable bonds is 28. The summed E-state index contributed by atoms with van der Waals surface area (Å²) in [6.45, 7) is 26.0. The van der Waals surface area contributed by atoms with Crippen molar-refractivity contribution >= 4 is 33.7 Å². The van der Waals surface area contributed by atoms with Gasteiger partial charge in [0.2, 0.25) is 23.6 Å². The van der Waals surface area contributed by atoms with Crippen molar-refractivity contribution in [2.24, 2.45) is 55.7 Å². The number of carbonyl (C=O) groups excluding carboxylic acids is 4. The van der Waals surface area contributed by atoms with Crippen LogP contribution < -0.4 is 21.7 Å². The lowest BCUT2D eigenvalue weighted by molar-refractivity contribution is -0.141. The topological polar surface area (TPSA) is 243 Å². The molecule has 0 fully saturated rings. The maximum absolute atomic E-state index is 14.4. The molecule has 0 spiro atoms. The number of carbonyl (C=O) groups is 4. The summed E-state index contributed by atoms with van der Waals surface area (Å²) in [5.41, 5.74) is 11.7. The number of primary amides is 1. The molecule has 3 atom stereocenters. The van der Waals surface area contributed by atoms with Gasteiger partial charge in [0.15, 0.2) is 0 Å². The van der Waals surface area contributed by atoms with Gasteiger partial charge in [0.1, 0.15) is 6.54 Å². The van der Waals surface area contributed by atoms with Crippen LogP contribution in [0.1, 0.15) is 134 Å². The lowest BCUT2D eigenvalue weighted by Gasteiger charge is -2.53. The molecule has 0 saturated carbocycles. The number of nitrogens with zero attached hydrogens (tertiary/aromatic N) is 3. The number of amides is 4. The summed E-state index contributed by atoms with van der Waals surface area (Å²) in [7, 11) is -4.05. The molecule has 16 heteroatoms. The van der Waals surface area contributed by atoms with E-state index in [0.717, 1.165) is 12.8 Å². The van der Waals surface area contributed by atoms with Crippen LogP contribution in [0.25, 0.3) is 10.4 Å². The van der Waals surface area contributed by atoms with Crippen molar-refractivity contribution in [2.75, 3.05) is 45.1 Å². The minimum atomic E-state index is -4.05. The van der Waals surface area contributed by atoms with E-state index in [4.69, 9.17) is 20.6 Å². The number of ether oxygens (including phenoxy) is 1. The highest BCUT2D eigenvalue weighted by molar-refractivity contribution is 7.85. The van der Waals surface area contributed by atoms with Crippen molar-refractivity contribution in [3.63, 3.8) is 0 Å². The van der Waals surface area contributed by atoms with Crippen LogP contribution in [0.2, 0.25) is 0 Å². The second-order valence-electron chi connectivity index (χ2n) is 18.5. The zero-order valence-corrected chi connectivity index (χ0v) is 36.8. The SMILES string of the molecule is CCCC(C(=O)NCCOCCCS(=O)(=O)O)C(C)(C)C(C)(C)CC(C(=O)NCCCCCNC(=O)CN=[N+]=[N-])C(C)(C)C(C)(C)CC(C(N)=O)C(C)(C)C. The molecular formula is C39H75N7O8S. The van der Waals surface area contributed by atoms with Gasteiger partial charge in [0, 0.05) is 48.9 Å². The Morgan fingerprint density at radius 1 is 0.745 bits per heavy atom. The first-order valence-electron chi connectivity index (χ1n) is 19.7. The summed E-state index contributed by atoms with van der Waals surface area (Å²) in [6.07, 6.45) is 4.64. The molecule has 0 bridgehead atoms. The average Bonchev–Trinajstić information content (AvgIpc) is 3.04. The number of hydrogen-bond donors (Lipinski definition) is 5. The zero-order valence-electron chi connectivity index (χ0n) is 36.0. The summed E-state index contributed by atoms with van der Waals surface area (Å²) in [6, 6.07) is 0. The first-order valence-corrected chi connectivity index (χ1v) is 21.3. The molecule has 0 aromatic carbocycles. The average molecular weight is 802 g/mol. The fourth-order valence-corrected chi connectivity index (χ4v) is 7.55. The third kappa shape index (κ3) is 17.8. The summed E-state index contributed by atoms with van der Waals surface area (Å²) >= 11 is 0. The summed E-state index contributed by atoms with van der Waals surface area (Å²) < 4.78 is 36.3. The van der Waals surface area contributed by atoms with E-state index in [0.29, 0.717) is 45.2 Å². The number of azide groups is 1. The Balaban J connectivity index is 6.26. The second-order valence-corrected chi connectivity index (χ2v) is 20.0. The molecule has 0 radical (unpaired) electrons. The predicted molar refractivity (Wildman–Crippen MR) is 217 cm³/mol. The molecule has 55 heavy (non-hydrogen) atoms. The molecule has 0 heterocycles. The van der Waals surface area contributed by atoms with Crippen LogP contribution in [0.3, 0.4) is 0 Å². The Kier molecular flexibility index (Phi) is 21.5. The molecule has 0 aromatic heterocycles. The highest BCUT2D eigenvalue weighted by atomic mass is 32.2. The molecule has 4 amide bonds. The minimum absolute atomic E-state index is 0.0985. The molecule has 0 rings (SSSR count). The molecule has 0 aliphatic heterocycles. The molecule has 3 unspecified atom stereocenters. The molecule has 0 aromatic rings. The maximum atomic E-state index is 14.4.